The summed E-state index contributed by atoms with van der Waals surface area (Å²) >= 11 is 0. The Morgan fingerprint density at radius 3 is 2.61 bits per heavy atom. The maximum absolute atomic E-state index is 12.9. The summed E-state index contributed by atoms with van der Waals surface area (Å²) in [6.07, 6.45) is 0.0406. The van der Waals surface area contributed by atoms with E-state index in [1.54, 1.807) is 26.1 Å². The Balaban J connectivity index is 1.68. The van der Waals surface area contributed by atoms with Crippen LogP contribution in [0.2, 0.25) is 0 Å². The van der Waals surface area contributed by atoms with Crippen LogP contribution in [0.4, 0.5) is 13.2 Å². The summed E-state index contributed by atoms with van der Waals surface area (Å²) in [6.45, 7) is 2.22. The zero-order valence-electron chi connectivity index (χ0n) is 18.6. The van der Waals surface area contributed by atoms with Gasteiger partial charge in [0.1, 0.15) is 11.6 Å². The Bertz CT molecular complexity index is 1020. The molecule has 4 N–H and O–H groups in total. The van der Waals surface area contributed by atoms with Crippen LogP contribution in [-0.2, 0) is 0 Å². The zero-order valence-corrected chi connectivity index (χ0v) is 18.6. The molecule has 0 aliphatic heterocycles. The van der Waals surface area contributed by atoms with Crippen molar-refractivity contribution < 1.29 is 22.7 Å². The van der Waals surface area contributed by atoms with E-state index in [1.165, 1.54) is 24.5 Å². The predicted octanol–water partition coefficient (Wildman–Crippen LogP) is 4.44. The number of carbonyl (C=O) groups is 1. The van der Waals surface area contributed by atoms with Crippen molar-refractivity contribution in [2.75, 3.05) is 13.6 Å². The number of benzene rings is 1. The van der Waals surface area contributed by atoms with E-state index in [4.69, 9.17) is 5.73 Å². The van der Waals surface area contributed by atoms with Crippen molar-refractivity contribution in [1.82, 2.24) is 10.3 Å². The number of hydrogen-bond donors (Lipinski definition) is 3. The lowest BCUT2D eigenvalue weighted by Gasteiger charge is -2.28. The van der Waals surface area contributed by atoms with Gasteiger partial charge in [-0.05, 0) is 56.7 Å². The van der Waals surface area contributed by atoms with Crippen molar-refractivity contribution >= 4 is 18.1 Å². The number of aromatic amines is 1. The SMILES string of the molecule is CN=C(N=CN)C1CCC(CNC(=O)c2cc(C)[nH]c2-c2ccccc2OC(F)(F)F)CC1. The monoisotopic (exact) mass is 463 g/mol. The molecule has 0 atom stereocenters. The Kier molecular flexibility index (Phi) is 7.78. The van der Waals surface area contributed by atoms with Gasteiger partial charge in [0.15, 0.2) is 0 Å². The average Bonchev–Trinajstić information content (AvgIpc) is 3.17. The van der Waals surface area contributed by atoms with E-state index < -0.39 is 6.36 Å². The first-order valence-electron chi connectivity index (χ1n) is 10.8. The number of carbonyl (C=O) groups excluding carboxylic acids is 1. The molecule has 2 aromatic rings. The lowest BCUT2D eigenvalue weighted by molar-refractivity contribution is -0.274. The molecule has 0 bridgehead atoms. The second-order valence-corrected chi connectivity index (χ2v) is 8.07. The molecular formula is C23H28F3N5O2. The summed E-state index contributed by atoms with van der Waals surface area (Å²) in [5, 5.41) is 2.94. The van der Waals surface area contributed by atoms with Crippen LogP contribution >= 0.6 is 0 Å². The van der Waals surface area contributed by atoms with Gasteiger partial charge in [0.25, 0.3) is 5.91 Å². The van der Waals surface area contributed by atoms with Crippen LogP contribution in [0.3, 0.4) is 0 Å². The average molecular weight is 464 g/mol. The number of hydrogen-bond acceptors (Lipinski definition) is 3. The van der Waals surface area contributed by atoms with Gasteiger partial charge in [-0.25, -0.2) is 4.99 Å². The number of ether oxygens (including phenoxy) is 1. The number of nitrogens with zero attached hydrogens (tertiary/aromatic N) is 2. The molecule has 0 saturated heterocycles. The largest absolute Gasteiger partial charge is 0.573 e. The maximum Gasteiger partial charge on any atom is 0.573 e. The number of H-pyrrole nitrogens is 1. The minimum Gasteiger partial charge on any atom is -0.405 e. The van der Waals surface area contributed by atoms with Crippen LogP contribution < -0.4 is 15.8 Å². The standard InChI is InChI=1S/C23H28F3N5O2/c1-14-11-18(20(31-14)17-5-3-4-6-19(17)33-23(24,25)26)22(32)29-12-15-7-9-16(10-8-15)21(28-2)30-13-27/h3-6,11,13,15-16,31H,7-10,12H2,1-2H3,(H,29,32)(H2,27,28,30). The van der Waals surface area contributed by atoms with Crippen LogP contribution in [0.5, 0.6) is 5.75 Å². The fraction of sp³-hybridized carbons (Fsp3) is 0.435. The predicted molar refractivity (Wildman–Crippen MR) is 121 cm³/mol. The topological polar surface area (TPSA) is 105 Å². The number of nitrogens with one attached hydrogen (secondary N) is 2. The molecule has 33 heavy (non-hydrogen) atoms. The molecule has 3 rings (SSSR count). The Hall–Kier alpha value is -3.30. The molecule has 0 radical (unpaired) electrons. The van der Waals surface area contributed by atoms with E-state index in [0.717, 1.165) is 31.5 Å². The van der Waals surface area contributed by atoms with Crippen molar-refractivity contribution in [1.29, 1.82) is 0 Å². The highest BCUT2D eigenvalue weighted by atomic mass is 19.4. The van der Waals surface area contributed by atoms with Crippen LogP contribution in [0.1, 0.15) is 41.7 Å². The van der Waals surface area contributed by atoms with Crippen LogP contribution in [0.15, 0.2) is 40.3 Å². The van der Waals surface area contributed by atoms with Crippen LogP contribution in [0, 0.1) is 18.8 Å². The van der Waals surface area contributed by atoms with Gasteiger partial charge in [0.05, 0.1) is 17.6 Å². The summed E-state index contributed by atoms with van der Waals surface area (Å²) in [5.74, 6) is 0.585. The molecule has 1 aliphatic rings. The Morgan fingerprint density at radius 2 is 1.97 bits per heavy atom. The molecule has 7 nitrogen and oxygen atoms in total. The molecule has 1 heterocycles. The fourth-order valence-corrected chi connectivity index (χ4v) is 4.25. The molecule has 10 heteroatoms. The van der Waals surface area contributed by atoms with Crippen molar-refractivity contribution in [3.8, 4) is 17.0 Å². The van der Waals surface area contributed by atoms with E-state index in [9.17, 15) is 18.0 Å². The van der Waals surface area contributed by atoms with Crippen molar-refractivity contribution in [3.63, 3.8) is 0 Å². The number of aryl methyl sites for hydroxylation is 1. The van der Waals surface area contributed by atoms with Gasteiger partial charge >= 0.3 is 6.36 Å². The summed E-state index contributed by atoms with van der Waals surface area (Å²) < 4.78 is 42.7. The first kappa shape index (κ1) is 24.3. The van der Waals surface area contributed by atoms with Crippen LogP contribution in [0.25, 0.3) is 11.3 Å². The molecule has 0 unspecified atom stereocenters. The molecular weight excluding hydrogens is 435 g/mol. The quantitative estimate of drug-likeness (QED) is 0.436. The van der Waals surface area contributed by atoms with E-state index in [-0.39, 0.29) is 34.4 Å². The number of amidine groups is 1. The van der Waals surface area contributed by atoms with E-state index in [0.29, 0.717) is 18.2 Å². The summed E-state index contributed by atoms with van der Waals surface area (Å²) in [7, 11) is 1.70. The number of rotatable bonds is 6. The number of halogens is 3. The minimum absolute atomic E-state index is 0.167. The minimum atomic E-state index is -4.84. The second-order valence-electron chi connectivity index (χ2n) is 8.07. The molecule has 1 aromatic heterocycles. The van der Waals surface area contributed by atoms with Gasteiger partial charge in [-0.2, -0.15) is 0 Å². The lowest BCUT2D eigenvalue weighted by atomic mass is 9.81. The third kappa shape index (κ3) is 6.36. The van der Waals surface area contributed by atoms with Gasteiger partial charge in [0, 0.05) is 30.8 Å². The van der Waals surface area contributed by atoms with Gasteiger partial charge in [-0.3, -0.25) is 9.79 Å². The first-order valence-corrected chi connectivity index (χ1v) is 10.8. The van der Waals surface area contributed by atoms with E-state index >= 15 is 0 Å². The third-order valence-electron chi connectivity index (χ3n) is 5.78. The summed E-state index contributed by atoms with van der Waals surface area (Å²) in [4.78, 5) is 24.3. The molecule has 0 spiro atoms. The van der Waals surface area contributed by atoms with Crippen LogP contribution in [-0.4, -0.2) is 43.0 Å². The van der Waals surface area contributed by atoms with E-state index in [2.05, 4.69) is 25.0 Å². The highest BCUT2D eigenvalue weighted by molar-refractivity contribution is 6.01. The van der Waals surface area contributed by atoms with Gasteiger partial charge < -0.3 is 20.8 Å². The number of alkyl halides is 3. The Morgan fingerprint density at radius 1 is 1.27 bits per heavy atom. The normalized spacial score (nSPS) is 19.6. The van der Waals surface area contributed by atoms with Crippen molar-refractivity contribution in [2.45, 2.75) is 39.0 Å². The molecule has 178 valence electrons. The number of aromatic nitrogens is 1. The third-order valence-corrected chi connectivity index (χ3v) is 5.78. The Labute approximate surface area is 190 Å². The zero-order chi connectivity index (χ0) is 24.0. The highest BCUT2D eigenvalue weighted by Crippen LogP contribution is 2.35. The summed E-state index contributed by atoms with van der Waals surface area (Å²) in [5.41, 5.74) is 6.77. The number of nitrogens with two attached hydrogens (primary N) is 1. The fourth-order valence-electron chi connectivity index (χ4n) is 4.25. The van der Waals surface area contributed by atoms with Gasteiger partial charge in [0.2, 0.25) is 0 Å². The molecule has 1 aromatic carbocycles. The smallest absolute Gasteiger partial charge is 0.405 e. The second kappa shape index (κ2) is 10.5. The number of aliphatic imine (C=N–C) groups is 2. The maximum atomic E-state index is 12.9. The highest BCUT2D eigenvalue weighted by Gasteiger charge is 2.33. The lowest BCUT2D eigenvalue weighted by Crippen LogP contribution is -2.32. The molecule has 1 fully saturated rings. The van der Waals surface area contributed by atoms with Gasteiger partial charge in [-0.1, -0.05) is 12.1 Å². The van der Waals surface area contributed by atoms with Crippen molar-refractivity contribution in [3.05, 3.63) is 41.6 Å². The molecule has 1 aliphatic carbocycles. The first-order chi connectivity index (χ1) is 15.7. The van der Waals surface area contributed by atoms with E-state index in [1.807, 2.05) is 0 Å². The van der Waals surface area contributed by atoms with Gasteiger partial charge in [-0.15, -0.1) is 13.2 Å². The molecule has 1 saturated carbocycles. The number of para-hydroxylation sites is 1. The summed E-state index contributed by atoms with van der Waals surface area (Å²) in [6, 6.07) is 7.38. The number of amides is 1. The van der Waals surface area contributed by atoms with Crippen molar-refractivity contribution in [2.24, 2.45) is 27.6 Å². The molecule has 1 amide bonds.